The minimum atomic E-state index is -0.734. The number of anilines is 1. The second-order valence-electron chi connectivity index (χ2n) is 5.79. The van der Waals surface area contributed by atoms with Gasteiger partial charge in [-0.25, -0.2) is 4.39 Å². The monoisotopic (exact) mass is 342 g/mol. The third-order valence-electron chi connectivity index (χ3n) is 4.13. The van der Waals surface area contributed by atoms with E-state index in [1.54, 1.807) is 0 Å². The number of benzene rings is 2. The molecular weight excluding hydrogens is 327 g/mol. The average Bonchev–Trinajstić information content (AvgIpc) is 2.96. The van der Waals surface area contributed by atoms with Crippen LogP contribution in [-0.4, -0.2) is 10.8 Å². The number of hydrogen-bond acceptors (Lipinski definition) is 4. The summed E-state index contributed by atoms with van der Waals surface area (Å²) in [6.45, 7) is 3.90. The van der Waals surface area contributed by atoms with Crippen molar-refractivity contribution in [1.29, 1.82) is 0 Å². The lowest BCUT2D eigenvalue weighted by atomic mass is 10.0. The highest BCUT2D eigenvalue weighted by molar-refractivity contribution is 5.96. The number of aryl methyl sites for hydroxylation is 2. The molecule has 0 atom stereocenters. The molecule has 1 N–H and O–H groups in total. The normalized spacial score (nSPS) is 10.8. The van der Waals surface area contributed by atoms with Crippen molar-refractivity contribution in [2.45, 2.75) is 20.3 Å². The lowest BCUT2D eigenvalue weighted by Crippen LogP contribution is -2.15. The third kappa shape index (κ3) is 3.21. The minimum absolute atomic E-state index is 0.0301. The Bertz CT molecular complexity index is 994. The first kappa shape index (κ1) is 16.6. The molecule has 25 heavy (non-hydrogen) atoms. The molecule has 0 radical (unpaired) electrons. The van der Waals surface area contributed by atoms with Crippen molar-refractivity contribution >= 4 is 28.3 Å². The van der Waals surface area contributed by atoms with Gasteiger partial charge in [0, 0.05) is 23.1 Å². The van der Waals surface area contributed by atoms with Crippen molar-refractivity contribution in [3.63, 3.8) is 0 Å². The zero-order chi connectivity index (χ0) is 18.1. The number of nitro groups is 1. The van der Waals surface area contributed by atoms with Crippen LogP contribution in [0.15, 0.2) is 41.0 Å². The van der Waals surface area contributed by atoms with E-state index >= 15 is 0 Å². The number of non-ortho nitro benzene ring substituents is 1. The number of halogens is 1. The van der Waals surface area contributed by atoms with Gasteiger partial charge >= 0.3 is 0 Å². The van der Waals surface area contributed by atoms with Crippen molar-refractivity contribution < 1.29 is 18.5 Å². The van der Waals surface area contributed by atoms with Gasteiger partial charge in [-0.15, -0.1) is 0 Å². The van der Waals surface area contributed by atoms with Crippen LogP contribution in [0.4, 0.5) is 15.8 Å². The van der Waals surface area contributed by atoms with Crippen LogP contribution < -0.4 is 5.32 Å². The molecule has 1 amide bonds. The van der Waals surface area contributed by atoms with Gasteiger partial charge < -0.3 is 9.73 Å². The zero-order valence-electron chi connectivity index (χ0n) is 13.6. The van der Waals surface area contributed by atoms with E-state index in [0.29, 0.717) is 11.1 Å². The number of nitrogens with zero attached hydrogens (tertiary/aromatic N) is 1. The van der Waals surface area contributed by atoms with Gasteiger partial charge in [0.15, 0.2) is 0 Å². The van der Waals surface area contributed by atoms with Crippen molar-refractivity contribution in [2.75, 3.05) is 5.32 Å². The predicted octanol–water partition coefficient (Wildman–Crippen LogP) is 4.28. The molecule has 0 saturated carbocycles. The largest absolute Gasteiger partial charge is 0.464 e. The Labute approximate surface area is 142 Å². The number of rotatable bonds is 4. The molecule has 1 aromatic heterocycles. The molecule has 0 aliphatic carbocycles. The predicted molar refractivity (Wildman–Crippen MR) is 91.1 cm³/mol. The Morgan fingerprint density at radius 3 is 2.76 bits per heavy atom. The molecule has 0 bridgehead atoms. The number of carbonyl (C=O) groups excluding carboxylic acids is 1. The maximum Gasteiger partial charge on any atom is 0.271 e. The fraction of sp³-hybridized carbons (Fsp3) is 0.167. The molecule has 1 heterocycles. The van der Waals surface area contributed by atoms with Gasteiger partial charge in [-0.1, -0.05) is 12.1 Å². The summed E-state index contributed by atoms with van der Waals surface area (Å²) in [5.74, 6) is -1.22. The van der Waals surface area contributed by atoms with E-state index in [0.717, 1.165) is 34.7 Å². The first-order chi connectivity index (χ1) is 11.9. The van der Waals surface area contributed by atoms with Gasteiger partial charge in [0.05, 0.1) is 23.3 Å². The van der Waals surface area contributed by atoms with Crippen molar-refractivity contribution in [3.05, 3.63) is 69.2 Å². The first-order valence-corrected chi connectivity index (χ1v) is 7.57. The SMILES string of the molecule is Cc1ccc2c(CC(=O)Nc3cc([N+](=O)[O-])ccc3F)coc2c1C. The molecule has 6 nitrogen and oxygen atoms in total. The number of nitrogens with one attached hydrogen (secondary N) is 1. The maximum absolute atomic E-state index is 13.8. The standard InChI is InChI=1S/C18H15FN2O4/c1-10-3-5-14-12(9-25-18(14)11(10)2)7-17(22)20-16-8-13(21(23)24)4-6-15(16)19/h3-6,8-9H,7H2,1-2H3,(H,20,22). The number of carbonyl (C=O) groups is 1. The summed E-state index contributed by atoms with van der Waals surface area (Å²) in [4.78, 5) is 22.3. The molecule has 0 unspecified atom stereocenters. The Hall–Kier alpha value is -3.22. The number of nitro benzene ring substituents is 1. The quantitative estimate of drug-likeness (QED) is 0.566. The van der Waals surface area contributed by atoms with Crippen LogP contribution in [0.2, 0.25) is 0 Å². The van der Waals surface area contributed by atoms with Crippen LogP contribution in [0.3, 0.4) is 0 Å². The summed E-state index contributed by atoms with van der Waals surface area (Å²) < 4.78 is 19.3. The number of fused-ring (bicyclic) bond motifs is 1. The molecule has 3 rings (SSSR count). The van der Waals surface area contributed by atoms with Gasteiger partial charge in [-0.05, 0) is 31.0 Å². The fourth-order valence-electron chi connectivity index (χ4n) is 2.62. The van der Waals surface area contributed by atoms with Crippen LogP contribution in [0.5, 0.6) is 0 Å². The molecular formula is C18H15FN2O4. The summed E-state index contributed by atoms with van der Waals surface area (Å²) >= 11 is 0. The maximum atomic E-state index is 13.8. The van der Waals surface area contributed by atoms with Gasteiger partial charge in [0.25, 0.3) is 5.69 Å². The second kappa shape index (κ2) is 6.35. The van der Waals surface area contributed by atoms with E-state index in [4.69, 9.17) is 4.42 Å². The summed E-state index contributed by atoms with van der Waals surface area (Å²) in [6.07, 6.45) is 1.47. The van der Waals surface area contributed by atoms with Gasteiger partial charge in [-0.3, -0.25) is 14.9 Å². The van der Waals surface area contributed by atoms with E-state index in [2.05, 4.69) is 5.32 Å². The second-order valence-corrected chi connectivity index (χ2v) is 5.79. The Balaban J connectivity index is 1.83. The molecule has 0 aliphatic heterocycles. The van der Waals surface area contributed by atoms with Gasteiger partial charge in [0.2, 0.25) is 5.91 Å². The smallest absolute Gasteiger partial charge is 0.271 e. The highest BCUT2D eigenvalue weighted by Gasteiger charge is 2.16. The van der Waals surface area contributed by atoms with Crippen molar-refractivity contribution in [2.24, 2.45) is 0 Å². The molecule has 0 saturated heterocycles. The molecule has 0 aliphatic rings. The lowest BCUT2D eigenvalue weighted by molar-refractivity contribution is -0.384. The average molecular weight is 342 g/mol. The van der Waals surface area contributed by atoms with Crippen LogP contribution in [-0.2, 0) is 11.2 Å². The Morgan fingerprint density at radius 2 is 2.04 bits per heavy atom. The lowest BCUT2D eigenvalue weighted by Gasteiger charge is -2.06. The summed E-state index contributed by atoms with van der Waals surface area (Å²) in [7, 11) is 0. The Morgan fingerprint density at radius 1 is 1.28 bits per heavy atom. The van der Waals surface area contributed by atoms with E-state index in [1.165, 1.54) is 6.26 Å². The van der Waals surface area contributed by atoms with Crippen LogP contribution in [0.1, 0.15) is 16.7 Å². The zero-order valence-corrected chi connectivity index (χ0v) is 13.6. The fourth-order valence-corrected chi connectivity index (χ4v) is 2.62. The highest BCUT2D eigenvalue weighted by atomic mass is 19.1. The van der Waals surface area contributed by atoms with E-state index < -0.39 is 16.6 Å². The molecule has 3 aromatic rings. The minimum Gasteiger partial charge on any atom is -0.464 e. The van der Waals surface area contributed by atoms with Crippen LogP contribution in [0, 0.1) is 29.8 Å². The van der Waals surface area contributed by atoms with Crippen molar-refractivity contribution in [1.82, 2.24) is 0 Å². The van der Waals surface area contributed by atoms with Gasteiger partial charge in [0.1, 0.15) is 11.4 Å². The topological polar surface area (TPSA) is 85.4 Å². The highest BCUT2D eigenvalue weighted by Crippen LogP contribution is 2.27. The number of furan rings is 1. The van der Waals surface area contributed by atoms with Crippen molar-refractivity contribution in [3.8, 4) is 0 Å². The molecule has 128 valence electrons. The van der Waals surface area contributed by atoms with Gasteiger partial charge in [-0.2, -0.15) is 0 Å². The van der Waals surface area contributed by atoms with Crippen LogP contribution in [0.25, 0.3) is 11.0 Å². The van der Waals surface area contributed by atoms with E-state index in [1.807, 2.05) is 26.0 Å². The van der Waals surface area contributed by atoms with E-state index in [9.17, 15) is 19.3 Å². The molecule has 2 aromatic carbocycles. The first-order valence-electron chi connectivity index (χ1n) is 7.57. The summed E-state index contributed by atoms with van der Waals surface area (Å²) in [5, 5.41) is 14.0. The molecule has 0 spiro atoms. The summed E-state index contributed by atoms with van der Waals surface area (Å²) in [5.41, 5.74) is 2.94. The molecule has 7 heteroatoms. The molecule has 0 fully saturated rings. The van der Waals surface area contributed by atoms with E-state index in [-0.39, 0.29) is 17.8 Å². The summed E-state index contributed by atoms with van der Waals surface area (Å²) in [6, 6.07) is 6.80. The number of amides is 1. The number of hydrogen-bond donors (Lipinski definition) is 1. The van der Waals surface area contributed by atoms with Crippen LogP contribution >= 0.6 is 0 Å². The third-order valence-corrected chi connectivity index (χ3v) is 4.13. The Kier molecular flexibility index (Phi) is 4.22.